The van der Waals surface area contributed by atoms with Crippen molar-refractivity contribution in [3.63, 3.8) is 0 Å². The van der Waals surface area contributed by atoms with Gasteiger partial charge in [-0.15, -0.1) is 0 Å². The van der Waals surface area contributed by atoms with Gasteiger partial charge in [0.05, 0.1) is 19.5 Å². The van der Waals surface area contributed by atoms with Gasteiger partial charge in [0.15, 0.2) is 0 Å². The van der Waals surface area contributed by atoms with Crippen LogP contribution in [0.15, 0.2) is 12.3 Å². The van der Waals surface area contributed by atoms with E-state index < -0.39 is 54.3 Å². The first-order valence-corrected chi connectivity index (χ1v) is 7.48. The molecule has 7 radical (unpaired) electrons. The van der Waals surface area contributed by atoms with Crippen molar-refractivity contribution in [2.45, 2.75) is 47.7 Å². The summed E-state index contributed by atoms with van der Waals surface area (Å²) < 4.78 is 9.71. The molecule has 2 aliphatic rings. The predicted molar refractivity (Wildman–Crippen MR) is 75.8 cm³/mol. The van der Waals surface area contributed by atoms with Crippen LogP contribution in [0.2, 0.25) is 0 Å². The van der Waals surface area contributed by atoms with Crippen LogP contribution in [-0.4, -0.2) is 96.7 Å². The van der Waals surface area contributed by atoms with Gasteiger partial charge in [-0.2, -0.15) is 0 Å². The molecule has 0 aromatic carbocycles. The van der Waals surface area contributed by atoms with Crippen LogP contribution in [0, 0.1) is 308 Å². The summed E-state index contributed by atoms with van der Waals surface area (Å²) in [4.78, 5) is 0. The zero-order valence-corrected chi connectivity index (χ0v) is 50.4. The van der Waals surface area contributed by atoms with Gasteiger partial charge in [-0.1, -0.05) is 15.9 Å². The molecule has 8 unspecified atom stereocenters. The zero-order chi connectivity index (χ0) is 16.9. The molecular formula is C12H21Ac7BrO9. The third-order valence-corrected chi connectivity index (χ3v) is 4.03. The molecular weight excluding hydrogens is 1960 g/mol. The molecule has 8 atom stereocenters. The SMILES string of the molecule is OCC1OC(Br)C(O)C(O)C1O.OCC1OC=CC(O)C1O.[Ac].[Ac].[Ac].[Ac].[Ac].[Ac].[Ac]. The number of hydrogen-bond acceptors (Lipinski definition) is 9. The van der Waals surface area contributed by atoms with Crippen molar-refractivity contribution < 1.29 is 354 Å². The third kappa shape index (κ3) is 21.2. The van der Waals surface area contributed by atoms with E-state index in [0.717, 1.165) is 0 Å². The number of aliphatic hydroxyl groups is 7. The number of ether oxygens (including phenoxy) is 2. The molecule has 2 rings (SSSR count). The van der Waals surface area contributed by atoms with E-state index in [9.17, 15) is 10.2 Å². The summed E-state index contributed by atoms with van der Waals surface area (Å²) in [7, 11) is 0. The van der Waals surface area contributed by atoms with Crippen molar-refractivity contribution in [2.75, 3.05) is 13.2 Å². The summed E-state index contributed by atoms with van der Waals surface area (Å²) in [5.74, 6) is 0. The maximum absolute atomic E-state index is 9.21. The van der Waals surface area contributed by atoms with Gasteiger partial charge in [0.1, 0.15) is 47.7 Å². The van der Waals surface area contributed by atoms with Crippen LogP contribution in [0.4, 0.5) is 0 Å². The van der Waals surface area contributed by atoms with Gasteiger partial charge in [0, 0.05) is 308 Å². The molecule has 17 heteroatoms. The molecule has 0 aromatic heterocycles. The van der Waals surface area contributed by atoms with Gasteiger partial charge >= 0.3 is 0 Å². The standard InChI is InChI=1S/C6H11BrO5.C6H10O4.7Ac/c7-6-5(11)4(10)3(9)2(1-8)12-6;7-3-5-6(9)4(8)1-2-10-5;;;;;;;/h2-6,8-11H,1H2;1-2,4-9H,3H2;;;;;;;. The van der Waals surface area contributed by atoms with Crippen LogP contribution < -0.4 is 0 Å². The van der Waals surface area contributed by atoms with E-state index in [4.69, 9.17) is 35.0 Å². The minimum absolute atomic E-state index is 0. The summed E-state index contributed by atoms with van der Waals surface area (Å²) >= 11 is 2.95. The maximum atomic E-state index is 9.21. The van der Waals surface area contributed by atoms with E-state index in [1.54, 1.807) is 0 Å². The van der Waals surface area contributed by atoms with Gasteiger partial charge in [0.2, 0.25) is 0 Å². The molecule has 1 fully saturated rings. The van der Waals surface area contributed by atoms with Crippen molar-refractivity contribution in [3.05, 3.63) is 12.3 Å². The Morgan fingerprint density at radius 2 is 1.10 bits per heavy atom. The average molecular weight is 1980 g/mol. The first kappa shape index (κ1) is 54.8. The second-order valence-electron chi connectivity index (χ2n) is 4.85. The van der Waals surface area contributed by atoms with Crippen molar-refractivity contribution >= 4 is 15.9 Å². The zero-order valence-electron chi connectivity index (χ0n) is 15.6. The first-order chi connectivity index (χ1) is 10.3. The summed E-state index contributed by atoms with van der Waals surface area (Å²) in [5.41, 5.74) is 0. The smallest absolute Gasteiger partial charge is 0.149 e. The molecule has 1 saturated heterocycles. The summed E-state index contributed by atoms with van der Waals surface area (Å²) in [6.07, 6.45) is -4.61. The van der Waals surface area contributed by atoms with E-state index in [0.29, 0.717) is 0 Å². The van der Waals surface area contributed by atoms with E-state index in [-0.39, 0.29) is 315 Å². The average Bonchev–Trinajstić information content (AvgIpc) is 2.52. The van der Waals surface area contributed by atoms with Crippen molar-refractivity contribution in [3.8, 4) is 0 Å². The van der Waals surface area contributed by atoms with Gasteiger partial charge in [-0.3, -0.25) is 0 Å². The third-order valence-electron chi connectivity index (χ3n) is 3.27. The first-order valence-electron chi connectivity index (χ1n) is 6.57. The van der Waals surface area contributed by atoms with Crippen molar-refractivity contribution in [2.24, 2.45) is 0 Å². The van der Waals surface area contributed by atoms with E-state index in [1.165, 1.54) is 12.3 Å². The maximum Gasteiger partial charge on any atom is 0.149 e. The predicted octanol–water partition coefficient (Wildman–Crippen LogP) is -3.21. The van der Waals surface area contributed by atoms with Crippen LogP contribution in [0.1, 0.15) is 0 Å². The van der Waals surface area contributed by atoms with Crippen LogP contribution in [0.5, 0.6) is 0 Å². The topological polar surface area (TPSA) is 160 Å². The minimum Gasteiger partial charge on any atom is -0.493 e. The molecule has 2 aliphatic heterocycles. The molecule has 0 saturated carbocycles. The van der Waals surface area contributed by atoms with Crippen LogP contribution >= 0.6 is 15.9 Å². The number of rotatable bonds is 2. The Labute approximate surface area is 429 Å². The Hall–Kier alpha value is 9.79. The normalized spacial score (nSPS) is 33.9. The van der Waals surface area contributed by atoms with Crippen LogP contribution in [0.3, 0.4) is 0 Å². The van der Waals surface area contributed by atoms with Crippen molar-refractivity contribution in [1.29, 1.82) is 0 Å². The molecule has 29 heavy (non-hydrogen) atoms. The molecule has 0 aromatic rings. The number of hydrogen-bond donors (Lipinski definition) is 7. The molecule has 9 nitrogen and oxygen atoms in total. The number of alkyl halides is 1. The fourth-order valence-corrected chi connectivity index (χ4v) is 2.44. The van der Waals surface area contributed by atoms with E-state index >= 15 is 0 Å². The van der Waals surface area contributed by atoms with Crippen LogP contribution in [0.25, 0.3) is 0 Å². The Morgan fingerprint density at radius 3 is 1.48 bits per heavy atom. The molecule has 0 aliphatic carbocycles. The number of aliphatic hydroxyl groups excluding tert-OH is 7. The summed E-state index contributed by atoms with van der Waals surface area (Å²) in [6.45, 7) is -0.685. The van der Waals surface area contributed by atoms with Gasteiger partial charge in [0.25, 0.3) is 0 Å². The van der Waals surface area contributed by atoms with Gasteiger partial charge < -0.3 is 45.2 Å². The Kier molecular flexibility index (Phi) is 61.1. The molecule has 0 amide bonds. The Balaban J connectivity index is -0.0000000542. The fraction of sp³-hybridized carbons (Fsp3) is 0.833. The Bertz CT molecular complexity index is 374. The monoisotopic (exact) mass is 1980 g/mol. The molecule has 2 heterocycles. The van der Waals surface area contributed by atoms with E-state index in [1.807, 2.05) is 0 Å². The molecule has 0 bridgehead atoms. The fourth-order valence-electron chi connectivity index (χ4n) is 1.85. The largest absolute Gasteiger partial charge is 0.493 e. The molecule has 0 spiro atoms. The van der Waals surface area contributed by atoms with Gasteiger partial charge in [-0.05, 0) is 6.08 Å². The summed E-state index contributed by atoms with van der Waals surface area (Å²) in [5, 5.41) is 62.1. The Morgan fingerprint density at radius 1 is 0.655 bits per heavy atom. The van der Waals surface area contributed by atoms with Crippen molar-refractivity contribution in [1.82, 2.24) is 0 Å². The molecule has 151 valence electrons. The van der Waals surface area contributed by atoms with Crippen LogP contribution in [-0.2, 0) is 9.47 Å². The quantitative estimate of drug-likeness (QED) is 0.142. The minimum atomic E-state index is -1.29. The second kappa shape index (κ2) is 32.3. The van der Waals surface area contributed by atoms with Gasteiger partial charge in [-0.25, -0.2) is 0 Å². The molecule has 7 N–H and O–H groups in total. The van der Waals surface area contributed by atoms with E-state index in [2.05, 4.69) is 15.9 Å². The second-order valence-corrected chi connectivity index (χ2v) is 5.75. The number of halogens is 1. The summed E-state index contributed by atoms with van der Waals surface area (Å²) in [6, 6.07) is 0.